The number of pyridine rings is 1. The highest BCUT2D eigenvalue weighted by molar-refractivity contribution is 5.97. The van der Waals surface area contributed by atoms with Crippen molar-refractivity contribution in [2.45, 2.75) is 25.8 Å². The fourth-order valence-corrected chi connectivity index (χ4v) is 5.20. The first-order valence-corrected chi connectivity index (χ1v) is 12.4. The minimum atomic E-state index is 0.744. The highest BCUT2D eigenvalue weighted by Gasteiger charge is 2.25. The van der Waals surface area contributed by atoms with E-state index in [9.17, 15) is 0 Å². The lowest BCUT2D eigenvalue weighted by Gasteiger charge is -2.26. The van der Waals surface area contributed by atoms with Crippen LogP contribution in [-0.2, 0) is 17.7 Å². The van der Waals surface area contributed by atoms with Crippen molar-refractivity contribution >= 4 is 10.8 Å². The molecule has 6 nitrogen and oxygen atoms in total. The number of morpholine rings is 1. The number of imidazole rings is 1. The summed E-state index contributed by atoms with van der Waals surface area (Å²) in [6.45, 7) is 6.66. The van der Waals surface area contributed by atoms with Gasteiger partial charge in [0.1, 0.15) is 12.3 Å². The zero-order valence-corrected chi connectivity index (χ0v) is 19.5. The summed E-state index contributed by atoms with van der Waals surface area (Å²) < 4.78 is 16.1. The summed E-state index contributed by atoms with van der Waals surface area (Å²) in [6, 6.07) is 15.4. The predicted molar refractivity (Wildman–Crippen MR) is 132 cm³/mol. The molecule has 2 aliphatic heterocycles. The van der Waals surface area contributed by atoms with Crippen LogP contribution >= 0.6 is 0 Å². The van der Waals surface area contributed by atoms with Crippen LogP contribution in [0.2, 0.25) is 0 Å². The maximum absolute atomic E-state index is 6.19. The van der Waals surface area contributed by atoms with Crippen LogP contribution in [0.5, 0.6) is 5.75 Å². The molecule has 1 saturated heterocycles. The molecule has 0 N–H and O–H groups in total. The van der Waals surface area contributed by atoms with E-state index in [1.54, 1.807) is 6.20 Å². The first kappa shape index (κ1) is 21.3. The Labute approximate surface area is 200 Å². The Hall–Kier alpha value is -3.22. The molecule has 6 heteroatoms. The smallest absolute Gasteiger partial charge is 0.189 e. The molecular formula is C28H31N4O2+. The maximum atomic E-state index is 6.19. The lowest BCUT2D eigenvalue weighted by Crippen LogP contribution is -2.37. The minimum Gasteiger partial charge on any atom is -0.494 e. The average Bonchev–Trinajstić information content (AvgIpc) is 3.59. The lowest BCUT2D eigenvalue weighted by atomic mass is 9.98. The molecule has 0 radical (unpaired) electrons. The topological polar surface area (TPSA) is 43.4 Å². The molecule has 0 spiro atoms. The Morgan fingerprint density at radius 2 is 1.91 bits per heavy atom. The van der Waals surface area contributed by atoms with E-state index in [1.807, 2.05) is 17.1 Å². The van der Waals surface area contributed by atoms with E-state index < -0.39 is 0 Å². The second-order valence-corrected chi connectivity index (χ2v) is 9.17. The van der Waals surface area contributed by atoms with Gasteiger partial charge in [0.2, 0.25) is 0 Å². The fraction of sp³-hybridized carbons (Fsp3) is 0.357. The van der Waals surface area contributed by atoms with Crippen molar-refractivity contribution in [1.29, 1.82) is 0 Å². The number of nitrogens with zero attached hydrogens (tertiary/aromatic N) is 4. The van der Waals surface area contributed by atoms with Gasteiger partial charge in [-0.15, -0.1) is 0 Å². The molecule has 0 atom stereocenters. The van der Waals surface area contributed by atoms with E-state index >= 15 is 0 Å². The number of ether oxygens (including phenoxy) is 2. The lowest BCUT2D eigenvalue weighted by molar-refractivity contribution is -0.688. The van der Waals surface area contributed by atoms with Crippen LogP contribution in [0.1, 0.15) is 18.5 Å². The summed E-state index contributed by atoms with van der Waals surface area (Å²) in [5.41, 5.74) is 5.05. The SMILES string of the molecule is c1cn(-c2ccc(-c3c[n+]4c(c5cc(OCCCN6CCOCC6)ccc35)CCC4)cc2)cn1. The van der Waals surface area contributed by atoms with Crippen molar-refractivity contribution in [2.24, 2.45) is 0 Å². The van der Waals surface area contributed by atoms with Gasteiger partial charge in [0.25, 0.3) is 0 Å². The van der Waals surface area contributed by atoms with Crippen molar-refractivity contribution in [3.05, 3.63) is 73.1 Å². The Bertz CT molecular complexity index is 1260. The van der Waals surface area contributed by atoms with Crippen molar-refractivity contribution in [3.63, 3.8) is 0 Å². The third-order valence-electron chi connectivity index (χ3n) is 7.01. The Morgan fingerprint density at radius 3 is 2.74 bits per heavy atom. The number of fused-ring (bicyclic) bond motifs is 3. The van der Waals surface area contributed by atoms with Crippen LogP contribution in [0.25, 0.3) is 27.6 Å². The summed E-state index contributed by atoms with van der Waals surface area (Å²) >= 11 is 0. The van der Waals surface area contributed by atoms with Crippen molar-refractivity contribution in [2.75, 3.05) is 39.5 Å². The van der Waals surface area contributed by atoms with Gasteiger partial charge in [0, 0.05) is 55.9 Å². The Kier molecular flexibility index (Phi) is 6.00. The Morgan fingerprint density at radius 1 is 1.03 bits per heavy atom. The Balaban J connectivity index is 1.24. The molecule has 4 aromatic rings. The second-order valence-electron chi connectivity index (χ2n) is 9.17. The summed E-state index contributed by atoms with van der Waals surface area (Å²) in [5, 5.41) is 2.61. The minimum absolute atomic E-state index is 0.744. The molecule has 0 amide bonds. The van der Waals surface area contributed by atoms with Crippen LogP contribution < -0.4 is 9.30 Å². The number of aromatic nitrogens is 3. The average molecular weight is 456 g/mol. The van der Waals surface area contributed by atoms with E-state index in [2.05, 4.69) is 63.1 Å². The van der Waals surface area contributed by atoms with Crippen molar-refractivity contribution in [3.8, 4) is 22.6 Å². The molecular weight excluding hydrogens is 424 g/mol. The summed E-state index contributed by atoms with van der Waals surface area (Å²) in [7, 11) is 0. The molecule has 0 aliphatic carbocycles. The quantitative estimate of drug-likeness (QED) is 0.312. The summed E-state index contributed by atoms with van der Waals surface area (Å²) in [4.78, 5) is 6.62. The zero-order chi connectivity index (χ0) is 22.7. The fourth-order valence-electron chi connectivity index (χ4n) is 5.20. The predicted octanol–water partition coefficient (Wildman–Crippen LogP) is 4.03. The van der Waals surface area contributed by atoms with Gasteiger partial charge >= 0.3 is 0 Å². The van der Waals surface area contributed by atoms with Gasteiger partial charge in [-0.05, 0) is 42.3 Å². The molecule has 2 aromatic heterocycles. The second kappa shape index (κ2) is 9.57. The van der Waals surface area contributed by atoms with Crippen LogP contribution in [0.4, 0.5) is 0 Å². The number of aryl methyl sites for hydroxylation is 2. The number of rotatable bonds is 7. The molecule has 0 unspecified atom stereocenters. The molecule has 4 heterocycles. The number of hydrogen-bond donors (Lipinski definition) is 0. The summed E-state index contributed by atoms with van der Waals surface area (Å²) in [6.07, 6.45) is 11.3. The van der Waals surface area contributed by atoms with E-state index in [0.29, 0.717) is 0 Å². The highest BCUT2D eigenvalue weighted by Crippen LogP contribution is 2.33. The standard InChI is InChI=1S/C28H31N4O2/c1-3-28-26-19-24(34-16-2-11-30-14-17-33-18-15-30)8-9-25(26)27(20-31(28)12-1)22-4-6-23(7-5-22)32-13-10-29-21-32/h4-10,13,19-21H,1-3,11-12,14-18H2/q+1. The molecule has 2 aromatic carbocycles. The van der Waals surface area contributed by atoms with E-state index in [4.69, 9.17) is 9.47 Å². The highest BCUT2D eigenvalue weighted by atomic mass is 16.5. The number of benzene rings is 2. The van der Waals surface area contributed by atoms with E-state index in [1.165, 1.54) is 34.0 Å². The van der Waals surface area contributed by atoms with Gasteiger partial charge in [-0.2, -0.15) is 0 Å². The van der Waals surface area contributed by atoms with Gasteiger partial charge in [0.05, 0.1) is 37.1 Å². The third-order valence-corrected chi connectivity index (χ3v) is 7.01. The van der Waals surface area contributed by atoms with Crippen molar-refractivity contribution in [1.82, 2.24) is 14.5 Å². The van der Waals surface area contributed by atoms with Crippen LogP contribution in [0.3, 0.4) is 0 Å². The molecule has 0 bridgehead atoms. The zero-order valence-electron chi connectivity index (χ0n) is 19.5. The summed E-state index contributed by atoms with van der Waals surface area (Å²) in [5.74, 6) is 0.969. The first-order chi connectivity index (χ1) is 16.8. The van der Waals surface area contributed by atoms with Crippen LogP contribution in [0, 0.1) is 0 Å². The van der Waals surface area contributed by atoms with E-state index in [-0.39, 0.29) is 0 Å². The molecule has 1 fully saturated rings. The normalized spacial score (nSPS) is 16.1. The molecule has 0 saturated carbocycles. The van der Waals surface area contributed by atoms with Gasteiger partial charge < -0.3 is 14.0 Å². The molecule has 34 heavy (non-hydrogen) atoms. The molecule has 174 valence electrons. The largest absolute Gasteiger partial charge is 0.494 e. The van der Waals surface area contributed by atoms with Gasteiger partial charge in [-0.3, -0.25) is 4.90 Å². The van der Waals surface area contributed by atoms with Crippen molar-refractivity contribution < 1.29 is 14.0 Å². The molecule has 2 aliphatic rings. The van der Waals surface area contributed by atoms with Gasteiger partial charge in [0.15, 0.2) is 11.9 Å². The number of hydrogen-bond acceptors (Lipinski definition) is 4. The monoisotopic (exact) mass is 455 g/mol. The third kappa shape index (κ3) is 4.31. The van der Waals surface area contributed by atoms with Crippen LogP contribution in [-0.4, -0.2) is 53.9 Å². The van der Waals surface area contributed by atoms with E-state index in [0.717, 1.165) is 70.3 Å². The maximum Gasteiger partial charge on any atom is 0.189 e. The first-order valence-electron chi connectivity index (χ1n) is 12.4. The molecule has 6 rings (SSSR count). The van der Waals surface area contributed by atoms with Gasteiger partial charge in [-0.25, -0.2) is 9.55 Å². The van der Waals surface area contributed by atoms with Gasteiger partial charge in [-0.1, -0.05) is 12.1 Å². The van der Waals surface area contributed by atoms with Crippen LogP contribution in [0.15, 0.2) is 67.4 Å².